The molecule has 1 aromatic rings. The van der Waals surface area contributed by atoms with Gasteiger partial charge >= 0.3 is 6.18 Å². The van der Waals surface area contributed by atoms with Crippen LogP contribution in [0.3, 0.4) is 0 Å². The Morgan fingerprint density at radius 3 is 1.88 bits per heavy atom. The van der Waals surface area contributed by atoms with Crippen LogP contribution in [0.1, 0.15) is 169 Å². The molecule has 4 aliphatic rings. The minimum atomic E-state index is -4.74. The Bertz CT molecular complexity index is 2780. The van der Waals surface area contributed by atoms with Crippen molar-refractivity contribution in [2.45, 2.75) is 219 Å². The number of nitrogens with one attached hydrogen (secondary N) is 4. The van der Waals surface area contributed by atoms with Gasteiger partial charge < -0.3 is 55.6 Å². The van der Waals surface area contributed by atoms with Gasteiger partial charge in [0.2, 0.25) is 65.0 Å². The number of nitrogens with zero attached hydrogens (tertiary/aromatic N) is 7. The fraction of sp³-hybridized carbons (Fsp3) is 0.738. The van der Waals surface area contributed by atoms with Crippen molar-refractivity contribution in [2.24, 2.45) is 23.7 Å². The quantitative estimate of drug-likeness (QED) is 0.213. The molecule has 0 aromatic heterocycles. The molecule has 11 amide bonds. The van der Waals surface area contributed by atoms with E-state index in [4.69, 9.17) is 11.6 Å². The Morgan fingerprint density at radius 1 is 0.670 bits per heavy atom. The summed E-state index contributed by atoms with van der Waals surface area (Å²) in [4.78, 5) is 169. The molecular weight excluding hydrogens is 1200 g/mol. The first kappa shape index (κ1) is 75.2. The van der Waals surface area contributed by atoms with Crippen LogP contribution in [0.15, 0.2) is 18.2 Å². The van der Waals surface area contributed by atoms with E-state index in [0.717, 1.165) is 54.0 Å². The number of hydrogen-bond acceptors (Lipinski definition) is 11. The van der Waals surface area contributed by atoms with Crippen LogP contribution >= 0.6 is 11.6 Å². The van der Waals surface area contributed by atoms with Gasteiger partial charge in [-0.2, -0.15) is 13.2 Å². The Hall–Kier alpha value is -6.53. The number of fused-ring (bicyclic) bond motifs is 1. The molecule has 4 N–H and O–H groups in total. The first-order valence-electron chi connectivity index (χ1n) is 32.6. The number of likely N-dealkylation sites (N-methyl/N-ethyl adjacent to an activating group) is 6. The van der Waals surface area contributed by atoms with Crippen molar-refractivity contribution in [3.8, 4) is 0 Å². The molecule has 0 unspecified atom stereocenters. The number of carbonyl (C=O) groups excluding carboxylic acids is 11. The third kappa shape index (κ3) is 19.8. The molecule has 2 aliphatic carbocycles. The maximum atomic E-state index is 15.1. The summed E-state index contributed by atoms with van der Waals surface area (Å²) in [5.74, 6) is -7.73. The highest BCUT2D eigenvalue weighted by atomic mass is 35.5. The molecule has 0 radical (unpaired) electrons. The number of halogens is 4. The number of benzene rings is 1. The highest BCUT2D eigenvalue weighted by molar-refractivity contribution is 6.31. The maximum absolute atomic E-state index is 15.1. The van der Waals surface area contributed by atoms with Crippen LogP contribution in [-0.4, -0.2) is 215 Å². The lowest BCUT2D eigenvalue weighted by Crippen LogP contribution is -2.64. The zero-order valence-electron chi connectivity index (χ0n) is 55.8. The second-order valence-electron chi connectivity index (χ2n) is 26.7. The van der Waals surface area contributed by atoms with E-state index < -0.39 is 161 Å². The van der Waals surface area contributed by atoms with E-state index in [9.17, 15) is 56.3 Å². The van der Waals surface area contributed by atoms with Crippen molar-refractivity contribution in [1.82, 2.24) is 55.6 Å². The number of carbonyl (C=O) groups is 11. The van der Waals surface area contributed by atoms with Gasteiger partial charge in [-0.25, -0.2) is 0 Å². The molecule has 4 fully saturated rings. The standard InChI is InChI=1S/C65H101ClF3N11O11/c1-14-41(7)55-62(90)75(10)37-53(83)74(9)38-54(84)77(12)50(35-43-22-17-16-18-23-43)61(89)79(15-2)36-51(81)71-47(28-26-44-25-27-45(46(66)34-44)65(67,68)69)60(88)80-31-21-24-48(80)58(86)73-64(29-19-20-30-64)63(91)78(13)56(40(5)6)59(87)70-42(8)33-52(82)76(11)49(32-39(3)4)57(85)72-55/h25,27,34,39-43,47-50,55-56H,14-24,26,28-33,35-38H2,1-13H3,(H,70,87)(H,71,81)(H,72,85)(H,73,86)/t41-,42+,47-,48-,49-,50-,55-,56-/m0/s1. The van der Waals surface area contributed by atoms with Crippen LogP contribution in [-0.2, 0) is 65.3 Å². The molecule has 5 rings (SSSR count). The second kappa shape index (κ2) is 33.4. The molecule has 2 heterocycles. The highest BCUT2D eigenvalue weighted by Gasteiger charge is 2.50. The molecule has 1 spiro atoms. The Balaban J connectivity index is 1.56. The molecule has 8 atom stereocenters. The van der Waals surface area contributed by atoms with E-state index in [1.807, 2.05) is 20.8 Å². The molecule has 510 valence electrons. The molecule has 1 aromatic carbocycles. The average Bonchev–Trinajstić information content (AvgIpc) is 1.81. The van der Waals surface area contributed by atoms with Gasteiger partial charge in [-0.3, -0.25) is 52.7 Å². The molecule has 91 heavy (non-hydrogen) atoms. The summed E-state index contributed by atoms with van der Waals surface area (Å²) in [6.07, 6.45) is 2.08. The van der Waals surface area contributed by atoms with E-state index in [1.54, 1.807) is 34.6 Å². The molecular formula is C65H101ClF3N11O11. The maximum Gasteiger partial charge on any atom is 0.417 e. The predicted molar refractivity (Wildman–Crippen MR) is 337 cm³/mol. The molecule has 22 nitrogen and oxygen atoms in total. The summed E-state index contributed by atoms with van der Waals surface area (Å²) in [5.41, 5.74) is -2.24. The molecule has 2 aliphatic heterocycles. The number of hydrogen-bond donors (Lipinski definition) is 4. The van der Waals surface area contributed by atoms with Crippen LogP contribution < -0.4 is 21.3 Å². The number of aryl methyl sites for hydroxylation is 1. The minimum Gasteiger partial charge on any atom is -0.351 e. The molecule has 2 saturated heterocycles. The van der Waals surface area contributed by atoms with Crippen molar-refractivity contribution in [1.29, 1.82) is 0 Å². The van der Waals surface area contributed by atoms with Crippen LogP contribution in [0.2, 0.25) is 5.02 Å². The zero-order valence-corrected chi connectivity index (χ0v) is 56.5. The largest absolute Gasteiger partial charge is 0.417 e. The average molecular weight is 1310 g/mol. The third-order valence-electron chi connectivity index (χ3n) is 18.9. The van der Waals surface area contributed by atoms with E-state index in [1.165, 1.54) is 65.8 Å². The third-order valence-corrected chi connectivity index (χ3v) is 19.2. The van der Waals surface area contributed by atoms with E-state index in [0.29, 0.717) is 31.2 Å². The van der Waals surface area contributed by atoms with Gasteiger partial charge in [-0.05, 0) is 107 Å². The summed E-state index contributed by atoms with van der Waals surface area (Å²) in [6, 6.07) is -4.57. The SMILES string of the molecule is CC[C@H](C)[C@@H]1NC(=O)[C@H](CC(C)C)N(C)C(=O)C[C@@H](C)NC(=O)[C@H](C(C)C)N(C)C(=O)C2(CCCC2)NC(=O)[C@@H]2CCCN2C(=O)[C@H](CCc2ccc(C(F)(F)F)c(Cl)c2)NC(=O)CN(CC)C(=O)[C@H](CC2CCCCC2)N(C)C(=O)CN(C)C(=O)CN(C)C1=O. The summed E-state index contributed by atoms with van der Waals surface area (Å²) < 4.78 is 41.4. The van der Waals surface area contributed by atoms with Gasteiger partial charge in [0.05, 0.1) is 30.2 Å². The number of rotatable bonds is 11. The Kier molecular flexibility index (Phi) is 27.6. The fourth-order valence-electron chi connectivity index (χ4n) is 13.2. The van der Waals surface area contributed by atoms with Gasteiger partial charge in [0.15, 0.2) is 0 Å². The van der Waals surface area contributed by atoms with Crippen LogP contribution in [0, 0.1) is 23.7 Å². The first-order chi connectivity index (χ1) is 42.7. The lowest BCUT2D eigenvalue weighted by Gasteiger charge is -2.39. The van der Waals surface area contributed by atoms with Crippen molar-refractivity contribution < 1.29 is 65.9 Å². The fourth-order valence-corrected chi connectivity index (χ4v) is 13.5. The summed E-state index contributed by atoms with van der Waals surface area (Å²) in [7, 11) is 7.20. The Morgan fingerprint density at radius 2 is 1.30 bits per heavy atom. The lowest BCUT2D eigenvalue weighted by atomic mass is 9.84. The summed E-state index contributed by atoms with van der Waals surface area (Å²) in [6.45, 7) is 12.6. The van der Waals surface area contributed by atoms with Crippen molar-refractivity contribution in [3.05, 3.63) is 34.3 Å². The van der Waals surface area contributed by atoms with Gasteiger partial charge in [-0.15, -0.1) is 0 Å². The smallest absolute Gasteiger partial charge is 0.351 e. The molecule has 26 heteroatoms. The minimum absolute atomic E-state index is 0.0199. The van der Waals surface area contributed by atoms with E-state index in [2.05, 4.69) is 21.3 Å². The van der Waals surface area contributed by atoms with Gasteiger partial charge in [0.25, 0.3) is 0 Å². The Labute approximate surface area is 540 Å². The van der Waals surface area contributed by atoms with E-state index >= 15 is 9.59 Å². The van der Waals surface area contributed by atoms with Gasteiger partial charge in [-0.1, -0.05) is 111 Å². The molecule has 2 saturated carbocycles. The highest BCUT2D eigenvalue weighted by Crippen LogP contribution is 2.37. The van der Waals surface area contributed by atoms with Crippen LogP contribution in [0.5, 0.6) is 0 Å². The summed E-state index contributed by atoms with van der Waals surface area (Å²) >= 11 is 6.12. The number of alkyl halides is 3. The predicted octanol–water partition coefficient (Wildman–Crippen LogP) is 5.55. The lowest BCUT2D eigenvalue weighted by molar-refractivity contribution is -0.150. The normalized spacial score (nSPS) is 26.2. The van der Waals surface area contributed by atoms with Crippen molar-refractivity contribution in [3.63, 3.8) is 0 Å². The monoisotopic (exact) mass is 1300 g/mol. The zero-order chi connectivity index (χ0) is 68.0. The van der Waals surface area contributed by atoms with Gasteiger partial charge in [0.1, 0.15) is 41.8 Å². The van der Waals surface area contributed by atoms with Crippen LogP contribution in [0.25, 0.3) is 0 Å². The van der Waals surface area contributed by atoms with Crippen LogP contribution in [0.4, 0.5) is 13.2 Å². The topological polar surface area (TPSA) is 259 Å². The molecule has 0 bridgehead atoms. The summed E-state index contributed by atoms with van der Waals surface area (Å²) in [5, 5.41) is 11.0. The van der Waals surface area contributed by atoms with Gasteiger partial charge in [0, 0.05) is 60.8 Å². The second-order valence-corrected chi connectivity index (χ2v) is 27.1. The van der Waals surface area contributed by atoms with Crippen molar-refractivity contribution >= 4 is 76.6 Å². The number of amides is 11. The van der Waals surface area contributed by atoms with Crippen molar-refractivity contribution in [2.75, 3.05) is 68.0 Å². The van der Waals surface area contributed by atoms with E-state index in [-0.39, 0.29) is 76.3 Å². The first-order valence-corrected chi connectivity index (χ1v) is 33.0.